The zero-order chi connectivity index (χ0) is 19.5. The van der Waals surface area contributed by atoms with Crippen LogP contribution in [0.3, 0.4) is 0 Å². The molecule has 1 fully saturated rings. The van der Waals surface area contributed by atoms with Crippen molar-refractivity contribution in [3.63, 3.8) is 0 Å². The summed E-state index contributed by atoms with van der Waals surface area (Å²) in [5.41, 5.74) is -2.11. The monoisotopic (exact) mass is 371 g/mol. The maximum Gasteiger partial charge on any atom is 0.284 e. The number of nitrogens with one attached hydrogen (secondary N) is 1. The van der Waals surface area contributed by atoms with E-state index in [2.05, 4.69) is 10.3 Å². The molecule has 3 rings (SSSR count). The predicted octanol–water partition coefficient (Wildman–Crippen LogP) is 4.64. The molecule has 0 bridgehead atoms. The van der Waals surface area contributed by atoms with Gasteiger partial charge < -0.3 is 4.57 Å². The van der Waals surface area contributed by atoms with Crippen molar-refractivity contribution >= 4 is 22.9 Å². The highest BCUT2D eigenvalue weighted by Gasteiger charge is 2.67. The number of halogens is 4. The molecule has 0 aliphatic heterocycles. The second kappa shape index (κ2) is 5.69. The van der Waals surface area contributed by atoms with Gasteiger partial charge in [0.05, 0.1) is 11.0 Å². The molecule has 1 amide bonds. The van der Waals surface area contributed by atoms with Crippen LogP contribution in [0.15, 0.2) is 18.2 Å². The van der Waals surface area contributed by atoms with E-state index < -0.39 is 41.2 Å². The Labute approximate surface area is 148 Å². The molecule has 8 heteroatoms. The van der Waals surface area contributed by atoms with E-state index in [1.54, 1.807) is 10.6 Å². The molecular weight excluding hydrogens is 350 g/mol. The van der Waals surface area contributed by atoms with Crippen molar-refractivity contribution in [3.05, 3.63) is 24.0 Å². The quantitative estimate of drug-likeness (QED) is 0.799. The fraction of sp³-hybridized carbons (Fsp3) is 0.556. The molecule has 1 aliphatic carbocycles. The average molecular weight is 371 g/mol. The zero-order valence-electron chi connectivity index (χ0n) is 15.0. The molecule has 2 unspecified atom stereocenters. The molecule has 2 atom stereocenters. The molecule has 2 aromatic rings. The van der Waals surface area contributed by atoms with Gasteiger partial charge >= 0.3 is 0 Å². The van der Waals surface area contributed by atoms with Gasteiger partial charge in [-0.1, -0.05) is 0 Å². The summed E-state index contributed by atoms with van der Waals surface area (Å²) in [6.07, 6.45) is -0.872. The van der Waals surface area contributed by atoms with Crippen molar-refractivity contribution in [1.29, 1.82) is 0 Å². The van der Waals surface area contributed by atoms with E-state index in [4.69, 9.17) is 0 Å². The normalized spacial score (nSPS) is 25.2. The minimum absolute atomic E-state index is 0.147. The Morgan fingerprint density at radius 2 is 2.00 bits per heavy atom. The van der Waals surface area contributed by atoms with Crippen LogP contribution in [0.2, 0.25) is 0 Å². The van der Waals surface area contributed by atoms with Gasteiger partial charge in [0.25, 0.3) is 5.92 Å². The molecule has 0 saturated heterocycles. The van der Waals surface area contributed by atoms with Gasteiger partial charge in [0.15, 0.2) is 5.67 Å². The highest BCUT2D eigenvalue weighted by Crippen LogP contribution is 2.55. The van der Waals surface area contributed by atoms with Crippen LogP contribution in [-0.4, -0.2) is 27.0 Å². The van der Waals surface area contributed by atoms with Crippen LogP contribution in [-0.2, 0) is 10.3 Å². The van der Waals surface area contributed by atoms with Gasteiger partial charge in [0.1, 0.15) is 5.82 Å². The third kappa shape index (κ3) is 2.95. The summed E-state index contributed by atoms with van der Waals surface area (Å²) in [5, 5.41) is 2.52. The van der Waals surface area contributed by atoms with Gasteiger partial charge in [-0.25, -0.2) is 22.5 Å². The Balaban J connectivity index is 1.86. The minimum atomic E-state index is -3.53. The summed E-state index contributed by atoms with van der Waals surface area (Å²) >= 11 is 0. The van der Waals surface area contributed by atoms with Gasteiger partial charge in [0.2, 0.25) is 11.9 Å². The molecule has 1 aromatic heterocycles. The number of amides is 1. The Hall–Kier alpha value is -2.12. The summed E-state index contributed by atoms with van der Waals surface area (Å²) in [7, 11) is 0. The number of rotatable bonds is 3. The molecule has 1 saturated carbocycles. The van der Waals surface area contributed by atoms with Gasteiger partial charge in [0, 0.05) is 23.9 Å². The average Bonchev–Trinajstić information content (AvgIpc) is 2.83. The van der Waals surface area contributed by atoms with Crippen molar-refractivity contribution < 1.29 is 22.4 Å². The first kappa shape index (κ1) is 18.7. The lowest BCUT2D eigenvalue weighted by atomic mass is 9.67. The van der Waals surface area contributed by atoms with E-state index in [9.17, 15) is 22.4 Å². The van der Waals surface area contributed by atoms with E-state index in [0.717, 1.165) is 6.92 Å². The number of alkyl halides is 3. The molecule has 0 radical (unpaired) electrons. The standard InChI is InChI=1S/C18H21F4N3O/c1-16(2,3)25-13-6-5-11(19)8-12(13)23-15(25)24-14(26)7-10-9-17(4,20)18(10,21)22/h5-6,8,10H,7,9H2,1-4H3,(H,23,24,26). The molecular formula is C18H21F4N3O. The maximum absolute atomic E-state index is 13.7. The van der Waals surface area contributed by atoms with Crippen LogP contribution in [0.4, 0.5) is 23.5 Å². The smallest absolute Gasteiger partial charge is 0.284 e. The van der Waals surface area contributed by atoms with Crippen LogP contribution in [0.25, 0.3) is 11.0 Å². The summed E-state index contributed by atoms with van der Waals surface area (Å²) in [5.74, 6) is -5.87. The number of benzene rings is 1. The predicted molar refractivity (Wildman–Crippen MR) is 90.5 cm³/mol. The lowest BCUT2D eigenvalue weighted by Crippen LogP contribution is -2.60. The first-order chi connectivity index (χ1) is 11.8. The summed E-state index contributed by atoms with van der Waals surface area (Å²) in [6, 6.07) is 4.07. The molecule has 0 spiro atoms. The minimum Gasteiger partial charge on any atom is -0.305 e. The molecule has 142 valence electrons. The number of hydrogen-bond donors (Lipinski definition) is 1. The first-order valence-corrected chi connectivity index (χ1v) is 8.38. The number of hydrogen-bond acceptors (Lipinski definition) is 2. The van der Waals surface area contributed by atoms with Crippen LogP contribution in [0, 0.1) is 11.7 Å². The second-order valence-corrected chi connectivity index (χ2v) is 8.05. The third-order valence-electron chi connectivity index (χ3n) is 4.81. The van der Waals surface area contributed by atoms with Crippen molar-refractivity contribution in [3.8, 4) is 0 Å². The van der Waals surface area contributed by atoms with Crippen LogP contribution in [0.1, 0.15) is 40.5 Å². The van der Waals surface area contributed by atoms with Crippen molar-refractivity contribution in [2.24, 2.45) is 5.92 Å². The topological polar surface area (TPSA) is 46.9 Å². The fourth-order valence-corrected chi connectivity index (χ4v) is 3.44. The number of anilines is 1. The Morgan fingerprint density at radius 3 is 2.54 bits per heavy atom. The Kier molecular flexibility index (Phi) is 4.08. The lowest BCUT2D eigenvalue weighted by Gasteiger charge is -2.47. The Bertz CT molecular complexity index is 867. The number of aromatic nitrogens is 2. The maximum atomic E-state index is 13.7. The first-order valence-electron chi connectivity index (χ1n) is 8.38. The molecule has 1 aliphatic rings. The molecule has 26 heavy (non-hydrogen) atoms. The Morgan fingerprint density at radius 1 is 1.35 bits per heavy atom. The van der Waals surface area contributed by atoms with Crippen LogP contribution >= 0.6 is 0 Å². The zero-order valence-corrected chi connectivity index (χ0v) is 15.0. The SMILES string of the molecule is CC(C)(C)n1c(NC(=O)CC2CC(C)(F)C2(F)F)nc2cc(F)ccc21. The van der Waals surface area contributed by atoms with E-state index in [1.807, 2.05) is 20.8 Å². The number of carbonyl (C=O) groups is 1. The summed E-state index contributed by atoms with van der Waals surface area (Å²) in [4.78, 5) is 16.5. The lowest BCUT2D eigenvalue weighted by molar-refractivity contribution is -0.248. The fourth-order valence-electron chi connectivity index (χ4n) is 3.44. The van der Waals surface area contributed by atoms with Gasteiger partial charge in [-0.2, -0.15) is 0 Å². The van der Waals surface area contributed by atoms with E-state index in [-0.39, 0.29) is 12.4 Å². The number of imidazole rings is 1. The van der Waals surface area contributed by atoms with Crippen LogP contribution < -0.4 is 5.32 Å². The van der Waals surface area contributed by atoms with Crippen molar-refractivity contribution in [2.45, 2.75) is 57.7 Å². The van der Waals surface area contributed by atoms with Crippen LogP contribution in [0.5, 0.6) is 0 Å². The van der Waals surface area contributed by atoms with Crippen molar-refractivity contribution in [2.75, 3.05) is 5.32 Å². The number of carbonyl (C=O) groups excluding carboxylic acids is 1. The van der Waals surface area contributed by atoms with Crippen molar-refractivity contribution in [1.82, 2.24) is 9.55 Å². The number of nitrogens with zero attached hydrogens (tertiary/aromatic N) is 2. The van der Waals surface area contributed by atoms with E-state index >= 15 is 0 Å². The van der Waals surface area contributed by atoms with Gasteiger partial charge in [-0.3, -0.25) is 10.1 Å². The summed E-state index contributed by atoms with van der Waals surface area (Å²) < 4.78 is 56.2. The summed E-state index contributed by atoms with van der Waals surface area (Å²) in [6.45, 7) is 6.47. The highest BCUT2D eigenvalue weighted by atomic mass is 19.3. The molecule has 1 aromatic carbocycles. The van der Waals surface area contributed by atoms with E-state index in [0.29, 0.717) is 11.0 Å². The highest BCUT2D eigenvalue weighted by molar-refractivity contribution is 5.92. The molecule has 4 nitrogen and oxygen atoms in total. The molecule has 1 N–H and O–H groups in total. The second-order valence-electron chi connectivity index (χ2n) is 8.05. The van der Waals surface area contributed by atoms with Gasteiger partial charge in [-0.05, 0) is 46.2 Å². The largest absolute Gasteiger partial charge is 0.305 e. The third-order valence-corrected chi connectivity index (χ3v) is 4.81. The molecule has 1 heterocycles. The van der Waals surface area contributed by atoms with E-state index in [1.165, 1.54) is 12.1 Å². The number of fused-ring (bicyclic) bond motifs is 1. The van der Waals surface area contributed by atoms with Gasteiger partial charge in [-0.15, -0.1) is 0 Å².